The summed E-state index contributed by atoms with van der Waals surface area (Å²) in [4.78, 5) is 12.1. The minimum atomic E-state index is -0.176. The summed E-state index contributed by atoms with van der Waals surface area (Å²) in [5, 5.41) is 5.90. The second-order valence-electron chi connectivity index (χ2n) is 5.41. The van der Waals surface area contributed by atoms with Crippen molar-refractivity contribution in [2.24, 2.45) is 0 Å². The van der Waals surface area contributed by atoms with E-state index in [9.17, 15) is 4.79 Å². The highest BCUT2D eigenvalue weighted by molar-refractivity contribution is 5.91. The highest BCUT2D eigenvalue weighted by Gasteiger charge is 2.17. The zero-order valence-corrected chi connectivity index (χ0v) is 13.0. The third-order valence-corrected chi connectivity index (χ3v) is 3.97. The van der Waals surface area contributed by atoms with Crippen molar-refractivity contribution in [3.63, 3.8) is 0 Å². The number of amides is 2. The van der Waals surface area contributed by atoms with Crippen LogP contribution in [0.1, 0.15) is 37.7 Å². The molecule has 0 aromatic heterocycles. The molecule has 2 amide bonds. The lowest BCUT2D eigenvalue weighted by Gasteiger charge is -2.23. The topological polar surface area (TPSA) is 59.6 Å². The first-order chi connectivity index (χ1) is 10.2. The van der Waals surface area contributed by atoms with E-state index < -0.39 is 0 Å². The SMILES string of the molecule is COc1ccc(NC(=O)NC2CCCCC2)c(OC)c1C. The Labute approximate surface area is 126 Å². The molecule has 5 nitrogen and oxygen atoms in total. The number of carbonyl (C=O) groups is 1. The molecule has 0 saturated heterocycles. The zero-order chi connectivity index (χ0) is 15.2. The molecule has 0 spiro atoms. The summed E-state index contributed by atoms with van der Waals surface area (Å²) in [6.45, 7) is 1.90. The van der Waals surface area contributed by atoms with Crippen molar-refractivity contribution in [1.29, 1.82) is 0 Å². The minimum Gasteiger partial charge on any atom is -0.496 e. The van der Waals surface area contributed by atoms with Crippen LogP contribution in [0.4, 0.5) is 10.5 Å². The molecule has 0 bridgehead atoms. The van der Waals surface area contributed by atoms with Gasteiger partial charge in [0.2, 0.25) is 0 Å². The molecule has 0 atom stereocenters. The van der Waals surface area contributed by atoms with E-state index in [1.54, 1.807) is 20.3 Å². The number of urea groups is 1. The fraction of sp³-hybridized carbons (Fsp3) is 0.562. The summed E-state index contributed by atoms with van der Waals surface area (Å²) in [6.07, 6.45) is 5.77. The van der Waals surface area contributed by atoms with Gasteiger partial charge >= 0.3 is 6.03 Å². The van der Waals surface area contributed by atoms with Crippen molar-refractivity contribution in [2.75, 3.05) is 19.5 Å². The Balaban J connectivity index is 2.04. The van der Waals surface area contributed by atoms with Crippen molar-refractivity contribution in [3.05, 3.63) is 17.7 Å². The summed E-state index contributed by atoms with van der Waals surface area (Å²) in [7, 11) is 3.21. The molecule has 0 unspecified atom stereocenters. The number of hydrogen-bond donors (Lipinski definition) is 2. The maximum absolute atomic E-state index is 12.1. The third kappa shape index (κ3) is 3.80. The predicted octanol–water partition coefficient (Wildman–Crippen LogP) is 3.47. The maximum atomic E-state index is 12.1. The van der Waals surface area contributed by atoms with Crippen LogP contribution in [0.15, 0.2) is 12.1 Å². The van der Waals surface area contributed by atoms with Crippen LogP contribution in [0.25, 0.3) is 0 Å². The van der Waals surface area contributed by atoms with Gasteiger partial charge in [-0.25, -0.2) is 4.79 Å². The van der Waals surface area contributed by atoms with Gasteiger partial charge in [-0.05, 0) is 31.9 Å². The Bertz CT molecular complexity index is 497. The molecular formula is C16H24N2O3. The van der Waals surface area contributed by atoms with E-state index in [4.69, 9.17) is 9.47 Å². The first-order valence-electron chi connectivity index (χ1n) is 7.44. The molecule has 1 aromatic carbocycles. The van der Waals surface area contributed by atoms with Crippen LogP contribution in [0.3, 0.4) is 0 Å². The average Bonchev–Trinajstić information content (AvgIpc) is 2.48. The Morgan fingerprint density at radius 1 is 1.14 bits per heavy atom. The van der Waals surface area contributed by atoms with Gasteiger partial charge in [-0.1, -0.05) is 19.3 Å². The summed E-state index contributed by atoms with van der Waals surface area (Å²) >= 11 is 0. The normalized spacial score (nSPS) is 15.4. The largest absolute Gasteiger partial charge is 0.496 e. The number of methoxy groups -OCH3 is 2. The molecule has 2 N–H and O–H groups in total. The first-order valence-corrected chi connectivity index (χ1v) is 7.44. The van der Waals surface area contributed by atoms with Crippen LogP contribution in [0.2, 0.25) is 0 Å². The van der Waals surface area contributed by atoms with Gasteiger partial charge in [-0.15, -0.1) is 0 Å². The van der Waals surface area contributed by atoms with Gasteiger partial charge in [0.15, 0.2) is 0 Å². The van der Waals surface area contributed by atoms with Crippen LogP contribution in [0.5, 0.6) is 11.5 Å². The molecule has 0 heterocycles. The average molecular weight is 292 g/mol. The molecule has 1 aliphatic rings. The first kappa shape index (κ1) is 15.5. The van der Waals surface area contributed by atoms with Crippen molar-refractivity contribution >= 4 is 11.7 Å². The van der Waals surface area contributed by atoms with Crippen LogP contribution in [0, 0.1) is 6.92 Å². The third-order valence-electron chi connectivity index (χ3n) is 3.97. The molecular weight excluding hydrogens is 268 g/mol. The molecule has 1 fully saturated rings. The van der Waals surface area contributed by atoms with E-state index in [0.717, 1.165) is 24.2 Å². The lowest BCUT2D eigenvalue weighted by Crippen LogP contribution is -2.39. The monoisotopic (exact) mass is 292 g/mol. The summed E-state index contributed by atoms with van der Waals surface area (Å²) in [5.41, 5.74) is 1.53. The second kappa shape index (κ2) is 7.20. The molecule has 0 radical (unpaired) electrons. The molecule has 2 rings (SSSR count). The van der Waals surface area contributed by atoms with Crippen LogP contribution in [-0.4, -0.2) is 26.3 Å². The fourth-order valence-electron chi connectivity index (χ4n) is 2.85. The summed E-state index contributed by atoms with van der Waals surface area (Å²) in [6, 6.07) is 3.73. The molecule has 5 heteroatoms. The van der Waals surface area contributed by atoms with Gasteiger partial charge in [0.25, 0.3) is 0 Å². The van der Waals surface area contributed by atoms with Crippen LogP contribution >= 0.6 is 0 Å². The Kier molecular flexibility index (Phi) is 5.31. The van der Waals surface area contributed by atoms with Crippen molar-refractivity contribution in [1.82, 2.24) is 5.32 Å². The van der Waals surface area contributed by atoms with Crippen molar-refractivity contribution in [2.45, 2.75) is 45.1 Å². The Morgan fingerprint density at radius 2 is 1.86 bits per heavy atom. The summed E-state index contributed by atoms with van der Waals surface area (Å²) < 4.78 is 10.6. The maximum Gasteiger partial charge on any atom is 0.319 e. The van der Waals surface area contributed by atoms with E-state index in [0.29, 0.717) is 11.4 Å². The number of ether oxygens (including phenoxy) is 2. The van der Waals surface area contributed by atoms with Gasteiger partial charge in [0.1, 0.15) is 11.5 Å². The summed E-state index contributed by atoms with van der Waals surface area (Å²) in [5.74, 6) is 1.37. The molecule has 1 aliphatic carbocycles. The minimum absolute atomic E-state index is 0.176. The molecule has 1 aromatic rings. The standard InChI is InChI=1S/C16H24N2O3/c1-11-14(20-2)10-9-13(15(11)21-3)18-16(19)17-12-7-5-4-6-8-12/h9-10,12H,4-8H2,1-3H3,(H2,17,18,19). The highest BCUT2D eigenvalue weighted by Crippen LogP contribution is 2.34. The van der Waals surface area contributed by atoms with Gasteiger partial charge in [0, 0.05) is 11.6 Å². The molecule has 1 saturated carbocycles. The number of carbonyl (C=O) groups excluding carboxylic acids is 1. The number of anilines is 1. The molecule has 21 heavy (non-hydrogen) atoms. The van der Waals surface area contributed by atoms with Crippen LogP contribution in [-0.2, 0) is 0 Å². The van der Waals surface area contributed by atoms with Crippen molar-refractivity contribution < 1.29 is 14.3 Å². The Hall–Kier alpha value is -1.91. The molecule has 116 valence electrons. The van der Waals surface area contributed by atoms with Gasteiger partial charge < -0.3 is 20.1 Å². The van der Waals surface area contributed by atoms with E-state index in [1.807, 2.05) is 13.0 Å². The predicted molar refractivity (Wildman–Crippen MR) is 83.3 cm³/mol. The fourth-order valence-corrected chi connectivity index (χ4v) is 2.85. The van der Waals surface area contributed by atoms with E-state index in [2.05, 4.69) is 10.6 Å². The Morgan fingerprint density at radius 3 is 2.48 bits per heavy atom. The lowest BCUT2D eigenvalue weighted by atomic mass is 9.96. The zero-order valence-electron chi connectivity index (χ0n) is 13.0. The quantitative estimate of drug-likeness (QED) is 0.893. The number of benzene rings is 1. The van der Waals surface area contributed by atoms with Gasteiger partial charge in [0.05, 0.1) is 19.9 Å². The van der Waals surface area contributed by atoms with E-state index in [1.165, 1.54) is 19.3 Å². The second-order valence-corrected chi connectivity index (χ2v) is 5.41. The number of nitrogens with one attached hydrogen (secondary N) is 2. The van der Waals surface area contributed by atoms with Crippen LogP contribution < -0.4 is 20.1 Å². The highest BCUT2D eigenvalue weighted by atomic mass is 16.5. The molecule has 0 aliphatic heterocycles. The number of hydrogen-bond acceptors (Lipinski definition) is 3. The lowest BCUT2D eigenvalue weighted by molar-refractivity contribution is 0.244. The smallest absolute Gasteiger partial charge is 0.319 e. The number of rotatable bonds is 4. The van der Waals surface area contributed by atoms with E-state index in [-0.39, 0.29) is 12.1 Å². The van der Waals surface area contributed by atoms with E-state index >= 15 is 0 Å². The van der Waals surface area contributed by atoms with Gasteiger partial charge in [-0.3, -0.25) is 0 Å². The van der Waals surface area contributed by atoms with Gasteiger partial charge in [-0.2, -0.15) is 0 Å². The van der Waals surface area contributed by atoms with Crippen molar-refractivity contribution in [3.8, 4) is 11.5 Å².